The molecule has 0 aliphatic carbocycles. The third kappa shape index (κ3) is 4.46. The van der Waals surface area contributed by atoms with Crippen molar-refractivity contribution in [2.24, 2.45) is 0 Å². The minimum atomic E-state index is 0.492. The summed E-state index contributed by atoms with van der Waals surface area (Å²) in [4.78, 5) is 8.87. The lowest BCUT2D eigenvalue weighted by atomic mass is 10.2. The van der Waals surface area contributed by atoms with Gasteiger partial charge in [-0.1, -0.05) is 29.8 Å². The Morgan fingerprint density at radius 3 is 2.56 bits per heavy atom. The van der Waals surface area contributed by atoms with Crippen LogP contribution >= 0.6 is 11.6 Å². The van der Waals surface area contributed by atoms with Crippen molar-refractivity contribution < 1.29 is 0 Å². The Bertz CT molecular complexity index is 916. The van der Waals surface area contributed by atoms with Gasteiger partial charge in [0.1, 0.15) is 5.82 Å². The van der Waals surface area contributed by atoms with Gasteiger partial charge in [0, 0.05) is 29.0 Å². The molecule has 0 bridgehead atoms. The van der Waals surface area contributed by atoms with Crippen LogP contribution < -0.4 is 10.6 Å². The number of hydrogen-bond donors (Lipinski definition) is 2. The van der Waals surface area contributed by atoms with Crippen LogP contribution in [0.1, 0.15) is 16.8 Å². The third-order valence-corrected chi connectivity index (χ3v) is 3.91. The standard InChI is InChI=1S/C19H16ClN5/c1-13-10-18(22-12-15-4-2-3-5-17(15)20)25-19(23-13)24-16-8-6-14(11-21)7-9-16/h2-10H,12H2,1H3,(H2,22,23,24,25). The summed E-state index contributed by atoms with van der Waals surface area (Å²) in [7, 11) is 0. The molecule has 0 atom stereocenters. The molecule has 0 fully saturated rings. The maximum Gasteiger partial charge on any atom is 0.229 e. The lowest BCUT2D eigenvalue weighted by molar-refractivity contribution is 1.06. The number of nitrogens with zero attached hydrogens (tertiary/aromatic N) is 3. The van der Waals surface area contributed by atoms with E-state index in [-0.39, 0.29) is 0 Å². The van der Waals surface area contributed by atoms with Crippen molar-refractivity contribution in [2.45, 2.75) is 13.5 Å². The minimum Gasteiger partial charge on any atom is -0.366 e. The summed E-state index contributed by atoms with van der Waals surface area (Å²) >= 11 is 6.18. The average Bonchev–Trinajstić information content (AvgIpc) is 2.61. The summed E-state index contributed by atoms with van der Waals surface area (Å²) in [6.45, 7) is 2.48. The van der Waals surface area contributed by atoms with Gasteiger partial charge < -0.3 is 10.6 Å². The topological polar surface area (TPSA) is 73.6 Å². The molecule has 25 heavy (non-hydrogen) atoms. The maximum atomic E-state index is 8.85. The monoisotopic (exact) mass is 349 g/mol. The molecular weight excluding hydrogens is 334 g/mol. The molecule has 0 saturated heterocycles. The molecule has 0 spiro atoms. The summed E-state index contributed by atoms with van der Waals surface area (Å²) in [5.41, 5.74) is 3.27. The highest BCUT2D eigenvalue weighted by Gasteiger charge is 2.05. The van der Waals surface area contributed by atoms with Gasteiger partial charge in [0.05, 0.1) is 11.6 Å². The van der Waals surface area contributed by atoms with Crippen molar-refractivity contribution in [1.29, 1.82) is 5.26 Å². The van der Waals surface area contributed by atoms with E-state index in [0.717, 1.165) is 22.0 Å². The predicted molar refractivity (Wildman–Crippen MR) is 100.0 cm³/mol. The van der Waals surface area contributed by atoms with Crippen molar-refractivity contribution in [3.05, 3.63) is 76.4 Å². The van der Waals surface area contributed by atoms with Crippen LogP contribution in [0, 0.1) is 18.3 Å². The van der Waals surface area contributed by atoms with E-state index in [1.54, 1.807) is 12.1 Å². The molecule has 2 aromatic carbocycles. The zero-order valence-electron chi connectivity index (χ0n) is 13.6. The van der Waals surface area contributed by atoms with Crippen molar-refractivity contribution in [3.8, 4) is 6.07 Å². The summed E-state index contributed by atoms with van der Waals surface area (Å²) in [6, 6.07) is 18.8. The van der Waals surface area contributed by atoms with Gasteiger partial charge in [0.25, 0.3) is 0 Å². The molecule has 3 aromatic rings. The molecule has 0 aliphatic rings. The molecule has 5 nitrogen and oxygen atoms in total. The largest absolute Gasteiger partial charge is 0.366 e. The van der Waals surface area contributed by atoms with E-state index < -0.39 is 0 Å². The molecule has 0 radical (unpaired) electrons. The average molecular weight is 350 g/mol. The molecule has 0 saturated carbocycles. The summed E-state index contributed by atoms with van der Waals surface area (Å²) < 4.78 is 0. The SMILES string of the molecule is Cc1cc(NCc2ccccc2Cl)nc(Nc2ccc(C#N)cc2)n1. The van der Waals surface area contributed by atoms with Gasteiger partial charge in [0.15, 0.2) is 0 Å². The molecule has 0 aliphatic heterocycles. The molecule has 124 valence electrons. The number of nitriles is 1. The van der Waals surface area contributed by atoms with Crippen LogP contribution in [-0.4, -0.2) is 9.97 Å². The van der Waals surface area contributed by atoms with E-state index in [1.807, 2.05) is 49.4 Å². The fourth-order valence-electron chi connectivity index (χ4n) is 2.30. The molecule has 0 amide bonds. The van der Waals surface area contributed by atoms with Crippen molar-refractivity contribution in [2.75, 3.05) is 10.6 Å². The number of aryl methyl sites for hydroxylation is 1. The Hall–Kier alpha value is -3.10. The second-order valence-electron chi connectivity index (χ2n) is 5.48. The van der Waals surface area contributed by atoms with Crippen molar-refractivity contribution in [3.63, 3.8) is 0 Å². The summed E-state index contributed by atoms with van der Waals surface area (Å²) in [5, 5.41) is 16.0. The van der Waals surface area contributed by atoms with E-state index in [4.69, 9.17) is 16.9 Å². The highest BCUT2D eigenvalue weighted by molar-refractivity contribution is 6.31. The fraction of sp³-hybridized carbons (Fsp3) is 0.105. The first kappa shape index (κ1) is 16.7. The van der Waals surface area contributed by atoms with Gasteiger partial charge >= 0.3 is 0 Å². The molecular formula is C19H16ClN5. The van der Waals surface area contributed by atoms with Crippen LogP contribution in [0.3, 0.4) is 0 Å². The number of rotatable bonds is 5. The van der Waals surface area contributed by atoms with Crippen LogP contribution in [0.15, 0.2) is 54.6 Å². The highest BCUT2D eigenvalue weighted by atomic mass is 35.5. The Kier molecular flexibility index (Phi) is 5.12. The second kappa shape index (κ2) is 7.65. The normalized spacial score (nSPS) is 10.1. The molecule has 1 heterocycles. The lowest BCUT2D eigenvalue weighted by Gasteiger charge is -2.11. The quantitative estimate of drug-likeness (QED) is 0.700. The Labute approximate surface area is 151 Å². The molecule has 3 rings (SSSR count). The highest BCUT2D eigenvalue weighted by Crippen LogP contribution is 2.19. The van der Waals surface area contributed by atoms with Crippen LogP contribution in [0.5, 0.6) is 0 Å². The number of anilines is 3. The Balaban J connectivity index is 1.73. The maximum absolute atomic E-state index is 8.85. The molecule has 2 N–H and O–H groups in total. The zero-order valence-corrected chi connectivity index (χ0v) is 14.4. The van der Waals surface area contributed by atoms with Gasteiger partial charge in [-0.2, -0.15) is 10.2 Å². The second-order valence-corrected chi connectivity index (χ2v) is 5.88. The first-order chi connectivity index (χ1) is 12.1. The number of nitrogens with one attached hydrogen (secondary N) is 2. The fourth-order valence-corrected chi connectivity index (χ4v) is 2.50. The van der Waals surface area contributed by atoms with Gasteiger partial charge in [-0.05, 0) is 42.8 Å². The van der Waals surface area contributed by atoms with E-state index in [0.29, 0.717) is 23.9 Å². The summed E-state index contributed by atoms with van der Waals surface area (Å²) in [5.74, 6) is 1.20. The van der Waals surface area contributed by atoms with Gasteiger partial charge in [-0.25, -0.2) is 4.98 Å². The lowest BCUT2D eigenvalue weighted by Crippen LogP contribution is -2.06. The first-order valence-electron chi connectivity index (χ1n) is 7.74. The third-order valence-electron chi connectivity index (χ3n) is 3.54. The van der Waals surface area contributed by atoms with Crippen LogP contribution in [0.25, 0.3) is 0 Å². The van der Waals surface area contributed by atoms with E-state index >= 15 is 0 Å². The Morgan fingerprint density at radius 1 is 1.08 bits per heavy atom. The first-order valence-corrected chi connectivity index (χ1v) is 8.12. The van der Waals surface area contributed by atoms with Crippen LogP contribution in [-0.2, 0) is 6.54 Å². The zero-order chi connectivity index (χ0) is 17.6. The minimum absolute atomic E-state index is 0.492. The Morgan fingerprint density at radius 2 is 1.84 bits per heavy atom. The number of aromatic nitrogens is 2. The smallest absolute Gasteiger partial charge is 0.229 e. The summed E-state index contributed by atoms with van der Waals surface area (Å²) in [6.07, 6.45) is 0. The van der Waals surface area contributed by atoms with Crippen molar-refractivity contribution >= 4 is 29.1 Å². The van der Waals surface area contributed by atoms with Crippen LogP contribution in [0.2, 0.25) is 5.02 Å². The van der Waals surface area contributed by atoms with Crippen molar-refractivity contribution in [1.82, 2.24) is 9.97 Å². The van der Waals surface area contributed by atoms with Gasteiger partial charge in [-0.15, -0.1) is 0 Å². The van der Waals surface area contributed by atoms with Gasteiger partial charge in [-0.3, -0.25) is 0 Å². The molecule has 6 heteroatoms. The van der Waals surface area contributed by atoms with Crippen LogP contribution in [0.4, 0.5) is 17.5 Å². The number of hydrogen-bond acceptors (Lipinski definition) is 5. The molecule has 0 unspecified atom stereocenters. The number of benzene rings is 2. The molecule has 1 aromatic heterocycles. The van der Waals surface area contributed by atoms with Gasteiger partial charge in [0.2, 0.25) is 5.95 Å². The predicted octanol–water partition coefficient (Wildman–Crippen LogP) is 4.67. The van der Waals surface area contributed by atoms with E-state index in [1.165, 1.54) is 0 Å². The number of halogens is 1. The van der Waals surface area contributed by atoms with E-state index in [2.05, 4.69) is 26.7 Å². The van der Waals surface area contributed by atoms with E-state index in [9.17, 15) is 0 Å².